The van der Waals surface area contributed by atoms with Gasteiger partial charge in [-0.05, 0) is 80.7 Å². The van der Waals surface area contributed by atoms with Crippen LogP contribution < -0.4 is 9.79 Å². The lowest BCUT2D eigenvalue weighted by Gasteiger charge is -2.25. The monoisotopic (exact) mass is 528 g/mol. The molecule has 0 spiro atoms. The van der Waals surface area contributed by atoms with Gasteiger partial charge in [-0.3, -0.25) is 0 Å². The summed E-state index contributed by atoms with van der Waals surface area (Å²) >= 11 is 0. The third kappa shape index (κ3) is 6.52. The molecule has 0 aliphatic carbocycles. The smallest absolute Gasteiger partial charge is 0.273 e. The molecular formula is C26H42O7P2. The zero-order valence-corrected chi connectivity index (χ0v) is 24.2. The van der Waals surface area contributed by atoms with Crippen molar-refractivity contribution in [2.24, 2.45) is 0 Å². The van der Waals surface area contributed by atoms with Crippen LogP contribution in [0.2, 0.25) is 0 Å². The van der Waals surface area contributed by atoms with Gasteiger partial charge in [-0.2, -0.15) is 9.05 Å². The van der Waals surface area contributed by atoms with Crippen molar-refractivity contribution < 1.29 is 32.6 Å². The third-order valence-electron chi connectivity index (χ3n) is 7.31. The lowest BCUT2D eigenvalue weighted by molar-refractivity contribution is -0.212. The molecule has 2 fully saturated rings. The highest BCUT2D eigenvalue weighted by molar-refractivity contribution is 7.70. The van der Waals surface area contributed by atoms with Crippen LogP contribution in [-0.4, -0.2) is 41.8 Å². The van der Waals surface area contributed by atoms with E-state index in [-0.39, 0.29) is 6.61 Å². The van der Waals surface area contributed by atoms with E-state index < -0.39 is 38.3 Å². The second-order valence-corrected chi connectivity index (χ2v) is 15.2. The molecule has 35 heavy (non-hydrogen) atoms. The number of rotatable bonds is 10. The Bertz CT molecular complexity index is 864. The van der Waals surface area contributed by atoms with Crippen LogP contribution in [0.15, 0.2) is 36.4 Å². The second-order valence-electron chi connectivity index (χ2n) is 11.3. The van der Waals surface area contributed by atoms with Crippen LogP contribution in [0, 0.1) is 0 Å². The van der Waals surface area contributed by atoms with E-state index in [1.54, 1.807) is 6.08 Å². The van der Waals surface area contributed by atoms with Gasteiger partial charge in [-0.1, -0.05) is 30.3 Å². The Balaban J connectivity index is 1.51. The Morgan fingerprint density at radius 2 is 1.29 bits per heavy atom. The van der Waals surface area contributed by atoms with E-state index in [0.29, 0.717) is 18.1 Å². The minimum absolute atomic E-state index is 0.287. The Hall–Kier alpha value is -0.460. The fraction of sp³-hybridized carbons (Fsp3) is 0.692. The van der Waals surface area contributed by atoms with E-state index in [1.165, 1.54) is 0 Å². The molecule has 0 radical (unpaired) electrons. The molecule has 1 aromatic rings. The van der Waals surface area contributed by atoms with E-state index in [2.05, 4.69) is 0 Å². The molecule has 0 amide bonds. The van der Waals surface area contributed by atoms with Gasteiger partial charge in [-0.25, -0.2) is 9.05 Å². The maximum Gasteiger partial charge on any atom is 0.273 e. The molecule has 0 atom stereocenters. The maximum absolute atomic E-state index is 13.8. The summed E-state index contributed by atoms with van der Waals surface area (Å²) in [5.41, 5.74) is -1.76. The highest BCUT2D eigenvalue weighted by Crippen LogP contribution is 2.74. The molecule has 2 aliphatic rings. The predicted octanol–water partition coefficient (Wildman–Crippen LogP) is 5.67. The quantitative estimate of drug-likeness (QED) is 0.285. The number of hydrogen-bond acceptors (Lipinski definition) is 7. The van der Waals surface area contributed by atoms with Gasteiger partial charge in [0.1, 0.15) is 28.6 Å². The van der Waals surface area contributed by atoms with Crippen LogP contribution >= 0.6 is 15.9 Å². The molecule has 0 aromatic heterocycles. The van der Waals surface area contributed by atoms with Crippen molar-refractivity contribution in [2.75, 3.05) is 19.4 Å². The van der Waals surface area contributed by atoms with Crippen LogP contribution in [0.3, 0.4) is 0 Å². The van der Waals surface area contributed by atoms with E-state index in [9.17, 15) is 9.79 Å². The molecule has 198 valence electrons. The molecule has 3 rings (SSSR count). The van der Waals surface area contributed by atoms with E-state index in [1.807, 2.05) is 85.7 Å². The Labute approximate surface area is 212 Å². The average molecular weight is 529 g/mol. The molecular weight excluding hydrogens is 486 g/mol. The van der Waals surface area contributed by atoms with Gasteiger partial charge < -0.3 is 14.5 Å². The first kappa shape index (κ1) is 29.1. The van der Waals surface area contributed by atoms with Gasteiger partial charge in [0.2, 0.25) is 7.94 Å². The number of ether oxygens (including phenoxy) is 1. The Morgan fingerprint density at radius 3 is 1.83 bits per heavy atom. The Morgan fingerprint density at radius 1 is 0.771 bits per heavy atom. The molecule has 2 heterocycles. The van der Waals surface area contributed by atoms with Crippen LogP contribution in [-0.2, 0) is 22.8 Å². The van der Waals surface area contributed by atoms with Crippen molar-refractivity contribution in [3.05, 3.63) is 42.0 Å². The molecule has 9 heteroatoms. The van der Waals surface area contributed by atoms with Crippen LogP contribution in [0.1, 0.15) is 80.2 Å². The fourth-order valence-corrected chi connectivity index (χ4v) is 9.17. The molecule has 0 saturated carbocycles. The van der Waals surface area contributed by atoms with Gasteiger partial charge in [0.25, 0.3) is 7.94 Å². The lowest BCUT2D eigenvalue weighted by atomic mass is 9.90. The summed E-state index contributed by atoms with van der Waals surface area (Å²) in [4.78, 5) is 26.7. The van der Waals surface area contributed by atoms with Crippen molar-refractivity contribution in [2.45, 2.75) is 97.1 Å². The van der Waals surface area contributed by atoms with Crippen molar-refractivity contribution >= 4 is 21.2 Å². The van der Waals surface area contributed by atoms with Gasteiger partial charge in [-0.15, -0.1) is 0 Å². The van der Waals surface area contributed by atoms with E-state index in [4.69, 9.17) is 22.8 Å². The largest absolute Gasteiger partial charge is 0.631 e. The number of unbranched alkanes of at least 4 members (excludes halogenated alkanes) is 2. The number of benzene rings is 1. The average Bonchev–Trinajstić information content (AvgIpc) is 2.99. The highest BCUT2D eigenvalue weighted by Gasteiger charge is 2.62. The van der Waals surface area contributed by atoms with Gasteiger partial charge in [0.15, 0.2) is 5.31 Å². The molecule has 2 saturated heterocycles. The molecule has 0 unspecified atom stereocenters. The summed E-state index contributed by atoms with van der Waals surface area (Å²) in [7, 11) is -6.60. The highest BCUT2D eigenvalue weighted by atomic mass is 31.2. The minimum Gasteiger partial charge on any atom is -0.631 e. The standard InChI is InChI=1S/C26H42O7P2/c1-23(2)24(3,4)31-34(27,30-23)20-14-10-13-18-29-19-17-22(21-15-11-9-12-16-21)35(28)32-25(5,6)26(7,8)33-35/h9,11-12,15-17H,10,13-14,18-20H2,1-8H3/b22-17+. The summed E-state index contributed by atoms with van der Waals surface area (Å²) in [6.07, 6.45) is 4.60. The molecule has 0 bridgehead atoms. The topological polar surface area (TPSA) is 92.3 Å². The third-order valence-corrected chi connectivity index (χ3v) is 12.1. The summed E-state index contributed by atoms with van der Waals surface area (Å²) in [6.45, 7) is 16.0. The normalized spacial score (nSPS) is 25.6. The first-order chi connectivity index (χ1) is 16.0. The lowest BCUT2D eigenvalue weighted by Crippen LogP contribution is -2.41. The zero-order chi connectivity index (χ0) is 26.2. The van der Waals surface area contributed by atoms with Gasteiger partial charge >= 0.3 is 0 Å². The first-order valence-electron chi connectivity index (χ1n) is 12.4. The molecule has 2 aliphatic heterocycles. The van der Waals surface area contributed by atoms with Crippen LogP contribution in [0.5, 0.6) is 0 Å². The summed E-state index contributed by atoms with van der Waals surface area (Å²) in [6, 6.07) is 9.50. The van der Waals surface area contributed by atoms with Crippen molar-refractivity contribution in [3.8, 4) is 0 Å². The van der Waals surface area contributed by atoms with Crippen molar-refractivity contribution in [1.82, 2.24) is 0 Å². The fourth-order valence-electron chi connectivity index (χ4n) is 3.87. The zero-order valence-electron chi connectivity index (χ0n) is 22.5. The molecule has 0 N–H and O–H groups in total. The van der Waals surface area contributed by atoms with Crippen LogP contribution in [0.4, 0.5) is 0 Å². The summed E-state index contributed by atoms with van der Waals surface area (Å²) < 4.78 is 29.5. The number of hydrogen-bond donors (Lipinski definition) is 0. The molecule has 1 aromatic carbocycles. The second kappa shape index (κ2) is 10.4. The predicted molar refractivity (Wildman–Crippen MR) is 138 cm³/mol. The van der Waals surface area contributed by atoms with Crippen LogP contribution in [0.25, 0.3) is 5.31 Å². The minimum atomic E-state index is -3.53. The SMILES string of the molecule is CC1(C)O[P+]([O-])(CCCCCOC/C=C(\c2ccccc2)[P+]2([O-])OC(C)(C)C(C)(C)O2)OC1(C)C. The summed E-state index contributed by atoms with van der Waals surface area (Å²) in [5.74, 6) is 0. The summed E-state index contributed by atoms with van der Waals surface area (Å²) in [5, 5.41) is 0.524. The van der Waals surface area contributed by atoms with E-state index >= 15 is 0 Å². The maximum atomic E-state index is 13.8. The van der Waals surface area contributed by atoms with E-state index in [0.717, 1.165) is 24.8 Å². The Kier molecular flexibility index (Phi) is 8.62. The van der Waals surface area contributed by atoms with Crippen molar-refractivity contribution in [1.29, 1.82) is 0 Å². The van der Waals surface area contributed by atoms with Gasteiger partial charge in [0.05, 0.1) is 6.61 Å². The first-order valence-corrected chi connectivity index (χ1v) is 15.7. The van der Waals surface area contributed by atoms with Crippen molar-refractivity contribution in [3.63, 3.8) is 0 Å². The molecule has 7 nitrogen and oxygen atoms in total. The van der Waals surface area contributed by atoms with Gasteiger partial charge in [0, 0.05) is 12.2 Å².